The Balaban J connectivity index is 1.84. The molecule has 0 atom stereocenters. The average Bonchev–Trinajstić information content (AvgIpc) is 3.16. The van der Waals surface area contributed by atoms with E-state index in [0.717, 1.165) is 0 Å². The summed E-state index contributed by atoms with van der Waals surface area (Å²) in [6.07, 6.45) is 4.89. The Bertz CT molecular complexity index is 796. The maximum atomic E-state index is 14.2. The molecule has 0 radical (unpaired) electrons. The van der Waals surface area contributed by atoms with Crippen LogP contribution in [0.3, 0.4) is 0 Å². The first-order chi connectivity index (χ1) is 10.6. The van der Waals surface area contributed by atoms with E-state index in [1.165, 1.54) is 22.4 Å². The number of hydrogen-bond acceptors (Lipinski definition) is 4. The zero-order chi connectivity index (χ0) is 15.5. The van der Waals surface area contributed by atoms with E-state index in [9.17, 15) is 9.18 Å². The highest BCUT2D eigenvalue weighted by Crippen LogP contribution is 2.16. The number of hydrogen-bond donors (Lipinski definition) is 1. The number of carbonyl (C=O) groups is 1. The normalized spacial score (nSPS) is 10.6. The topological polar surface area (TPSA) is 77.6 Å². The molecule has 3 rings (SSSR count). The van der Waals surface area contributed by atoms with Crippen LogP contribution >= 0.6 is 0 Å². The molecule has 3 aromatic rings. The summed E-state index contributed by atoms with van der Waals surface area (Å²) in [5.41, 5.74) is 1.48. The van der Waals surface area contributed by atoms with Crippen molar-refractivity contribution in [3.05, 3.63) is 54.4 Å². The molecule has 112 valence electrons. The third-order valence-electron chi connectivity index (χ3n) is 3.01. The van der Waals surface area contributed by atoms with E-state index in [-0.39, 0.29) is 12.5 Å². The van der Waals surface area contributed by atoms with Gasteiger partial charge in [-0.15, -0.1) is 5.10 Å². The van der Waals surface area contributed by atoms with E-state index >= 15 is 0 Å². The molecule has 0 saturated heterocycles. The number of benzene rings is 1. The monoisotopic (exact) mass is 300 g/mol. The van der Waals surface area contributed by atoms with Crippen molar-refractivity contribution in [1.82, 2.24) is 30.1 Å². The molecule has 1 amide bonds. The summed E-state index contributed by atoms with van der Waals surface area (Å²) >= 11 is 0. The lowest BCUT2D eigenvalue weighted by atomic mass is 10.2. The highest BCUT2D eigenvalue weighted by Gasteiger charge is 2.09. The molecular formula is C14H13FN6O. The molecule has 1 aromatic carbocycles. The van der Waals surface area contributed by atoms with Crippen molar-refractivity contribution in [2.45, 2.75) is 13.5 Å². The van der Waals surface area contributed by atoms with Gasteiger partial charge in [0.25, 0.3) is 0 Å². The average molecular weight is 300 g/mol. The fourth-order valence-electron chi connectivity index (χ4n) is 1.96. The van der Waals surface area contributed by atoms with Crippen molar-refractivity contribution in [2.24, 2.45) is 0 Å². The SMILES string of the molecule is CC(=O)NCc1cn(-c2ccc(-n3cccn3)c(F)c2)nn1. The lowest BCUT2D eigenvalue weighted by Crippen LogP contribution is -2.19. The van der Waals surface area contributed by atoms with Gasteiger partial charge < -0.3 is 5.32 Å². The molecule has 0 saturated carbocycles. The van der Waals surface area contributed by atoms with Crippen LogP contribution in [0.2, 0.25) is 0 Å². The smallest absolute Gasteiger partial charge is 0.217 e. The first kappa shape index (κ1) is 13.9. The number of amides is 1. The Hall–Kier alpha value is -3.03. The fourth-order valence-corrected chi connectivity index (χ4v) is 1.96. The molecule has 22 heavy (non-hydrogen) atoms. The van der Waals surface area contributed by atoms with E-state index in [1.54, 1.807) is 36.8 Å². The summed E-state index contributed by atoms with van der Waals surface area (Å²) in [6.45, 7) is 1.71. The van der Waals surface area contributed by atoms with Crippen molar-refractivity contribution in [3.8, 4) is 11.4 Å². The van der Waals surface area contributed by atoms with Gasteiger partial charge in [-0.1, -0.05) is 5.21 Å². The van der Waals surface area contributed by atoms with E-state index in [0.29, 0.717) is 17.1 Å². The number of rotatable bonds is 4. The van der Waals surface area contributed by atoms with E-state index in [4.69, 9.17) is 0 Å². The fraction of sp³-hybridized carbons (Fsp3) is 0.143. The molecule has 7 nitrogen and oxygen atoms in total. The predicted molar refractivity (Wildman–Crippen MR) is 76.0 cm³/mol. The van der Waals surface area contributed by atoms with Gasteiger partial charge >= 0.3 is 0 Å². The molecule has 2 aromatic heterocycles. The first-order valence-corrected chi connectivity index (χ1v) is 6.59. The van der Waals surface area contributed by atoms with Crippen LogP contribution in [0, 0.1) is 5.82 Å². The third-order valence-corrected chi connectivity index (χ3v) is 3.01. The van der Waals surface area contributed by atoms with Crippen LogP contribution in [0.15, 0.2) is 42.9 Å². The minimum atomic E-state index is -0.417. The molecule has 2 heterocycles. The first-order valence-electron chi connectivity index (χ1n) is 6.59. The minimum absolute atomic E-state index is 0.149. The van der Waals surface area contributed by atoms with Crippen molar-refractivity contribution in [1.29, 1.82) is 0 Å². The van der Waals surface area contributed by atoms with Crippen molar-refractivity contribution < 1.29 is 9.18 Å². The maximum absolute atomic E-state index is 14.2. The second kappa shape index (κ2) is 5.76. The molecule has 0 spiro atoms. The van der Waals surface area contributed by atoms with Crippen LogP contribution < -0.4 is 5.32 Å². The van der Waals surface area contributed by atoms with Gasteiger partial charge in [0.15, 0.2) is 5.82 Å². The minimum Gasteiger partial charge on any atom is -0.351 e. The zero-order valence-corrected chi connectivity index (χ0v) is 11.8. The summed E-state index contributed by atoms with van der Waals surface area (Å²) in [4.78, 5) is 10.9. The largest absolute Gasteiger partial charge is 0.351 e. The molecule has 0 fully saturated rings. The molecule has 0 bridgehead atoms. The van der Waals surface area contributed by atoms with Crippen LogP contribution in [0.5, 0.6) is 0 Å². The van der Waals surface area contributed by atoms with Crippen molar-refractivity contribution in [2.75, 3.05) is 0 Å². The number of nitrogens with one attached hydrogen (secondary N) is 1. The number of carbonyl (C=O) groups excluding carboxylic acids is 1. The van der Waals surface area contributed by atoms with Crippen LogP contribution in [0.4, 0.5) is 4.39 Å². The molecule has 0 aliphatic heterocycles. The third kappa shape index (κ3) is 2.85. The molecule has 1 N–H and O–H groups in total. The molecule has 8 heteroatoms. The Morgan fingerprint density at radius 3 is 2.91 bits per heavy atom. The zero-order valence-electron chi connectivity index (χ0n) is 11.8. The summed E-state index contributed by atoms with van der Waals surface area (Å²) in [5, 5.41) is 14.5. The van der Waals surface area contributed by atoms with Crippen LogP contribution in [-0.2, 0) is 11.3 Å². The summed E-state index contributed by atoms with van der Waals surface area (Å²) < 4.78 is 17.1. The molecule has 0 aliphatic carbocycles. The quantitative estimate of drug-likeness (QED) is 0.786. The van der Waals surface area contributed by atoms with E-state index in [2.05, 4.69) is 20.7 Å². The molecule has 0 aliphatic rings. The van der Waals surface area contributed by atoms with E-state index in [1.807, 2.05) is 0 Å². The summed E-state index contributed by atoms with van der Waals surface area (Å²) in [7, 11) is 0. The van der Waals surface area contributed by atoms with Crippen molar-refractivity contribution in [3.63, 3.8) is 0 Å². The molecule has 0 unspecified atom stereocenters. The van der Waals surface area contributed by atoms with Gasteiger partial charge in [-0.2, -0.15) is 5.10 Å². The number of halogens is 1. The van der Waals surface area contributed by atoms with Gasteiger partial charge in [-0.25, -0.2) is 13.8 Å². The van der Waals surface area contributed by atoms with E-state index < -0.39 is 5.82 Å². The standard InChI is InChI=1S/C14H13FN6O/c1-10(22)16-8-11-9-21(19-18-11)12-3-4-14(13(15)7-12)20-6-2-5-17-20/h2-7,9H,8H2,1H3,(H,16,22). The number of nitrogens with zero attached hydrogens (tertiary/aromatic N) is 5. The van der Waals surface area contributed by atoms with Gasteiger partial charge in [-0.05, 0) is 18.2 Å². The Morgan fingerprint density at radius 2 is 2.23 bits per heavy atom. The lowest BCUT2D eigenvalue weighted by molar-refractivity contribution is -0.119. The predicted octanol–water partition coefficient (Wildman–Crippen LogP) is 1.23. The van der Waals surface area contributed by atoms with Gasteiger partial charge in [0.1, 0.15) is 11.4 Å². The van der Waals surface area contributed by atoms with Gasteiger partial charge in [-0.3, -0.25) is 4.79 Å². The van der Waals surface area contributed by atoms with Gasteiger partial charge in [0.2, 0.25) is 5.91 Å². The Morgan fingerprint density at radius 1 is 1.36 bits per heavy atom. The Labute approximate surface area is 125 Å². The number of aromatic nitrogens is 5. The highest BCUT2D eigenvalue weighted by atomic mass is 19.1. The Kier molecular flexibility index (Phi) is 3.65. The lowest BCUT2D eigenvalue weighted by Gasteiger charge is -2.05. The summed E-state index contributed by atoms with van der Waals surface area (Å²) in [6, 6.07) is 6.41. The summed E-state index contributed by atoms with van der Waals surface area (Å²) in [5.74, 6) is -0.565. The second-order valence-corrected chi connectivity index (χ2v) is 4.65. The van der Waals surface area contributed by atoms with Crippen molar-refractivity contribution >= 4 is 5.91 Å². The van der Waals surface area contributed by atoms with Crippen LogP contribution in [0.25, 0.3) is 11.4 Å². The van der Waals surface area contributed by atoms with Gasteiger partial charge in [0, 0.05) is 25.4 Å². The molecular weight excluding hydrogens is 287 g/mol. The second-order valence-electron chi connectivity index (χ2n) is 4.65. The van der Waals surface area contributed by atoms with Crippen LogP contribution in [0.1, 0.15) is 12.6 Å². The van der Waals surface area contributed by atoms with Crippen LogP contribution in [-0.4, -0.2) is 30.7 Å². The van der Waals surface area contributed by atoms with Gasteiger partial charge in [0.05, 0.1) is 18.4 Å². The highest BCUT2D eigenvalue weighted by molar-refractivity contribution is 5.72. The maximum Gasteiger partial charge on any atom is 0.217 e.